The van der Waals surface area contributed by atoms with Crippen molar-refractivity contribution < 1.29 is 0 Å². The van der Waals surface area contributed by atoms with Gasteiger partial charge in [0.05, 0.1) is 5.00 Å². The molecule has 86 valence electrons. The summed E-state index contributed by atoms with van der Waals surface area (Å²) in [5.74, 6) is 0. The van der Waals surface area contributed by atoms with E-state index in [1.165, 1.54) is 32.5 Å². The Morgan fingerprint density at radius 2 is 1.94 bits per heavy atom. The predicted molar refractivity (Wildman–Crippen MR) is 75.5 cm³/mol. The Hall–Kier alpha value is -1.74. The lowest BCUT2D eigenvalue weighted by atomic mass is 9.99. The number of fused-ring (bicyclic) bond motifs is 1. The molecule has 2 nitrogen and oxygen atoms in total. The molecule has 0 aliphatic carbocycles. The molecule has 0 spiro atoms. The number of H-pyrrole nitrogens is 1. The minimum atomic E-state index is 0.881. The molecule has 0 saturated carbocycles. The van der Waals surface area contributed by atoms with Crippen LogP contribution in [0.3, 0.4) is 0 Å². The second kappa shape index (κ2) is 3.64. The average molecular weight is 242 g/mol. The number of nitrogens with one attached hydrogen (secondary N) is 1. The molecule has 0 aliphatic heterocycles. The van der Waals surface area contributed by atoms with Crippen LogP contribution in [0.4, 0.5) is 5.00 Å². The molecule has 0 amide bonds. The number of aromatic nitrogens is 1. The first-order chi connectivity index (χ1) is 8.15. The fourth-order valence-corrected chi connectivity index (χ4v) is 3.08. The second-order valence-corrected chi connectivity index (χ2v) is 5.64. The zero-order chi connectivity index (χ0) is 12.0. The van der Waals surface area contributed by atoms with Crippen LogP contribution in [0.5, 0.6) is 0 Å². The van der Waals surface area contributed by atoms with Gasteiger partial charge in [-0.3, -0.25) is 0 Å². The molecule has 3 rings (SSSR count). The van der Waals surface area contributed by atoms with Gasteiger partial charge in [-0.15, -0.1) is 11.3 Å². The van der Waals surface area contributed by atoms with E-state index in [1.807, 2.05) is 6.20 Å². The van der Waals surface area contributed by atoms with Crippen molar-refractivity contribution in [2.45, 2.75) is 13.8 Å². The summed E-state index contributed by atoms with van der Waals surface area (Å²) in [6, 6.07) is 8.60. The maximum Gasteiger partial charge on any atom is 0.0865 e. The molecular formula is C14H14N2S. The van der Waals surface area contributed by atoms with Crippen molar-refractivity contribution in [3.8, 4) is 11.1 Å². The summed E-state index contributed by atoms with van der Waals surface area (Å²) in [6.07, 6.45) is 1.97. The van der Waals surface area contributed by atoms with E-state index in [9.17, 15) is 0 Å². The van der Waals surface area contributed by atoms with E-state index >= 15 is 0 Å². The highest BCUT2D eigenvalue weighted by atomic mass is 32.1. The molecule has 2 aromatic heterocycles. The van der Waals surface area contributed by atoms with Crippen molar-refractivity contribution in [3.05, 3.63) is 40.9 Å². The number of rotatable bonds is 1. The summed E-state index contributed by atoms with van der Waals surface area (Å²) in [5, 5.41) is 2.13. The van der Waals surface area contributed by atoms with Crippen molar-refractivity contribution in [1.29, 1.82) is 0 Å². The third kappa shape index (κ3) is 1.63. The first-order valence-corrected chi connectivity index (χ1v) is 6.41. The Morgan fingerprint density at radius 1 is 1.12 bits per heavy atom. The highest BCUT2D eigenvalue weighted by molar-refractivity contribution is 7.16. The van der Waals surface area contributed by atoms with Crippen molar-refractivity contribution in [2.24, 2.45) is 0 Å². The Labute approximate surface area is 104 Å². The molecule has 3 N–H and O–H groups in total. The highest BCUT2D eigenvalue weighted by Crippen LogP contribution is 2.35. The fraction of sp³-hybridized carbons (Fsp3) is 0.143. The summed E-state index contributed by atoms with van der Waals surface area (Å²) in [4.78, 5) is 4.52. The Bertz CT molecular complexity index is 691. The van der Waals surface area contributed by atoms with Crippen molar-refractivity contribution >= 4 is 27.2 Å². The molecule has 17 heavy (non-hydrogen) atoms. The zero-order valence-corrected chi connectivity index (χ0v) is 10.7. The van der Waals surface area contributed by atoms with Crippen LogP contribution in [-0.2, 0) is 0 Å². The lowest BCUT2D eigenvalue weighted by Gasteiger charge is -2.05. The van der Waals surface area contributed by atoms with Gasteiger partial charge >= 0.3 is 0 Å². The number of aromatic amines is 1. The van der Waals surface area contributed by atoms with Crippen LogP contribution < -0.4 is 5.73 Å². The van der Waals surface area contributed by atoms with Crippen molar-refractivity contribution in [1.82, 2.24) is 4.98 Å². The molecule has 0 bridgehead atoms. The van der Waals surface area contributed by atoms with Gasteiger partial charge in [0, 0.05) is 16.6 Å². The van der Waals surface area contributed by atoms with Gasteiger partial charge in [0.25, 0.3) is 0 Å². The summed E-state index contributed by atoms with van der Waals surface area (Å²) in [5.41, 5.74) is 10.9. The summed E-state index contributed by atoms with van der Waals surface area (Å²) in [6.45, 7) is 4.26. The largest absolute Gasteiger partial charge is 0.391 e. The Kier molecular flexibility index (Phi) is 2.23. The second-order valence-electron chi connectivity index (χ2n) is 4.35. The van der Waals surface area contributed by atoms with Gasteiger partial charge in [-0.1, -0.05) is 0 Å². The maximum absolute atomic E-state index is 5.87. The lowest BCUT2D eigenvalue weighted by molar-refractivity contribution is 1.43. The van der Waals surface area contributed by atoms with Gasteiger partial charge in [0.2, 0.25) is 0 Å². The van der Waals surface area contributed by atoms with Crippen LogP contribution in [0.15, 0.2) is 30.5 Å². The normalized spacial score (nSPS) is 11.2. The number of nitrogens with two attached hydrogens (primary N) is 1. The van der Waals surface area contributed by atoms with Crippen LogP contribution in [0.2, 0.25) is 0 Å². The first kappa shape index (κ1) is 10.4. The van der Waals surface area contributed by atoms with Gasteiger partial charge in [-0.25, -0.2) is 0 Å². The average Bonchev–Trinajstić information content (AvgIpc) is 2.83. The fourth-order valence-electron chi connectivity index (χ4n) is 2.27. The van der Waals surface area contributed by atoms with Crippen LogP contribution in [0.25, 0.3) is 22.0 Å². The van der Waals surface area contributed by atoms with E-state index in [0.29, 0.717) is 0 Å². The van der Waals surface area contributed by atoms with Gasteiger partial charge < -0.3 is 10.7 Å². The van der Waals surface area contributed by atoms with E-state index in [1.54, 1.807) is 11.3 Å². The molecule has 0 fully saturated rings. The molecule has 0 radical (unpaired) electrons. The number of anilines is 1. The third-order valence-corrected chi connectivity index (χ3v) is 4.00. The molecule has 3 heteroatoms. The van der Waals surface area contributed by atoms with Gasteiger partial charge in [-0.2, -0.15) is 0 Å². The predicted octanol–water partition coefficient (Wildman–Crippen LogP) is 4.10. The van der Waals surface area contributed by atoms with Crippen molar-refractivity contribution in [2.75, 3.05) is 5.73 Å². The van der Waals surface area contributed by atoms with Crippen LogP contribution in [0, 0.1) is 13.8 Å². The van der Waals surface area contributed by atoms with E-state index in [2.05, 4.69) is 43.1 Å². The lowest BCUT2D eigenvalue weighted by Crippen LogP contribution is -1.84. The quantitative estimate of drug-likeness (QED) is 0.663. The maximum atomic E-state index is 5.87. The number of aryl methyl sites for hydroxylation is 2. The van der Waals surface area contributed by atoms with E-state index in [0.717, 1.165) is 5.00 Å². The third-order valence-electron chi connectivity index (χ3n) is 3.13. The number of nitrogen functional groups attached to an aromatic ring is 1. The van der Waals surface area contributed by atoms with Crippen LogP contribution in [-0.4, -0.2) is 4.98 Å². The van der Waals surface area contributed by atoms with Gasteiger partial charge in [0.1, 0.15) is 0 Å². The number of hydrogen-bond donors (Lipinski definition) is 2. The van der Waals surface area contributed by atoms with Gasteiger partial charge in [0.15, 0.2) is 0 Å². The van der Waals surface area contributed by atoms with Gasteiger partial charge in [-0.05, 0) is 60.2 Å². The molecule has 3 aromatic rings. The Balaban J connectivity index is 2.29. The minimum Gasteiger partial charge on any atom is -0.391 e. The Morgan fingerprint density at radius 3 is 2.65 bits per heavy atom. The molecule has 0 saturated heterocycles. The molecule has 0 atom stereocenters. The molecule has 2 heterocycles. The molecule has 1 aromatic carbocycles. The number of hydrogen-bond acceptors (Lipinski definition) is 2. The van der Waals surface area contributed by atoms with Crippen molar-refractivity contribution in [3.63, 3.8) is 0 Å². The monoisotopic (exact) mass is 242 g/mol. The van der Waals surface area contributed by atoms with E-state index in [-0.39, 0.29) is 0 Å². The topological polar surface area (TPSA) is 41.8 Å². The molecule has 0 aliphatic rings. The summed E-state index contributed by atoms with van der Waals surface area (Å²) < 4.78 is 0. The number of benzene rings is 1. The zero-order valence-electron chi connectivity index (χ0n) is 9.87. The minimum absolute atomic E-state index is 0.881. The highest BCUT2D eigenvalue weighted by Gasteiger charge is 2.10. The van der Waals surface area contributed by atoms with Crippen LogP contribution in [0.1, 0.15) is 10.4 Å². The molecular weight excluding hydrogens is 228 g/mol. The van der Waals surface area contributed by atoms with E-state index in [4.69, 9.17) is 5.73 Å². The first-order valence-electron chi connectivity index (χ1n) is 5.59. The molecule has 0 unspecified atom stereocenters. The standard InChI is InChI=1S/C14H14N2S/c1-8-5-13-10(3-4-16-13)6-11(8)12-7-14(15)17-9(12)2/h3-7,16H,15H2,1-2H3. The smallest absolute Gasteiger partial charge is 0.0865 e. The summed E-state index contributed by atoms with van der Waals surface area (Å²) >= 11 is 1.65. The van der Waals surface area contributed by atoms with E-state index < -0.39 is 0 Å². The van der Waals surface area contributed by atoms with Crippen LogP contribution >= 0.6 is 11.3 Å². The SMILES string of the molecule is Cc1cc2[nH]ccc2cc1-c1cc(N)sc1C. The summed E-state index contributed by atoms with van der Waals surface area (Å²) in [7, 11) is 0. The number of thiophene rings is 1.